The van der Waals surface area contributed by atoms with Crippen LogP contribution in [0.2, 0.25) is 0 Å². The van der Waals surface area contributed by atoms with E-state index in [2.05, 4.69) is 16.0 Å². The molecule has 578 valence electrons. The topological polar surface area (TPSA) is 259 Å². The van der Waals surface area contributed by atoms with Gasteiger partial charge in [0.25, 0.3) is 0 Å². The van der Waals surface area contributed by atoms with E-state index in [1.54, 1.807) is 32.9 Å². The van der Waals surface area contributed by atoms with E-state index in [0.717, 1.165) is 9.80 Å². The molecule has 11 amide bonds. The molecule has 5 fully saturated rings. The molecule has 2 saturated heterocycles. The van der Waals surface area contributed by atoms with Gasteiger partial charge in [-0.2, -0.15) is 13.2 Å². The monoisotopic (exact) mass is 1450 g/mol. The van der Waals surface area contributed by atoms with Gasteiger partial charge < -0.3 is 59.9 Å². The highest BCUT2D eigenvalue weighted by molar-refractivity contribution is 6.00. The highest BCUT2D eigenvalue weighted by atomic mass is 19.4. The van der Waals surface area contributed by atoms with Gasteiger partial charge in [-0.1, -0.05) is 79.9 Å². The lowest BCUT2D eigenvalue weighted by molar-refractivity contribution is -0.219. The molecule has 3 N–H and O–H groups in total. The Morgan fingerprint density at radius 3 is 1.85 bits per heavy atom. The number of nitrogens with zero attached hydrogens (tertiary/aromatic N) is 8. The van der Waals surface area contributed by atoms with Gasteiger partial charge in [0.15, 0.2) is 0 Å². The Kier molecular flexibility index (Phi) is 30.6. The molecule has 3 aliphatic heterocycles. The van der Waals surface area contributed by atoms with Crippen LogP contribution < -0.4 is 16.0 Å². The first-order valence-corrected chi connectivity index (χ1v) is 37.2. The highest BCUT2D eigenvalue weighted by Crippen LogP contribution is 2.45. The molecule has 6 rings (SSSR count). The van der Waals surface area contributed by atoms with Crippen LogP contribution in [0, 0.1) is 41.4 Å². The van der Waals surface area contributed by atoms with Crippen molar-refractivity contribution in [2.75, 3.05) is 75.1 Å². The van der Waals surface area contributed by atoms with E-state index in [9.17, 15) is 41.5 Å². The van der Waals surface area contributed by atoms with Crippen LogP contribution in [-0.2, 0) is 57.5 Å². The van der Waals surface area contributed by atoms with E-state index < -0.39 is 206 Å². The Balaban J connectivity index is 1.45. The summed E-state index contributed by atoms with van der Waals surface area (Å²) in [5.74, 6) is -13.1. The van der Waals surface area contributed by atoms with Crippen molar-refractivity contribution in [1.82, 2.24) is 55.1 Å². The van der Waals surface area contributed by atoms with Crippen LogP contribution >= 0.6 is 0 Å². The summed E-state index contributed by atoms with van der Waals surface area (Å²) in [5, 5.41) is 8.57. The summed E-state index contributed by atoms with van der Waals surface area (Å²) >= 11 is 0. The van der Waals surface area contributed by atoms with Crippen molar-refractivity contribution in [2.45, 2.75) is 269 Å². The maximum Gasteiger partial charge on any atom is 0.397 e. The average molecular weight is 1450 g/mol. The molecular formula is C73H117F6N11O12. The molecular weight excluding hydrogens is 1340 g/mol. The molecule has 3 saturated carbocycles. The molecule has 5 unspecified atom stereocenters. The number of carbonyl (C=O) groups excluding carboxylic acids is 11. The lowest BCUT2D eigenvalue weighted by Gasteiger charge is -2.47. The Labute approximate surface area is 599 Å². The molecule has 102 heavy (non-hydrogen) atoms. The Hall–Kier alpha value is -6.55. The quantitative estimate of drug-likeness (QED) is 0.118. The van der Waals surface area contributed by atoms with E-state index in [4.69, 9.17) is 4.74 Å². The van der Waals surface area contributed by atoms with Gasteiger partial charge in [0.2, 0.25) is 65.0 Å². The number of rotatable bonds is 14. The molecule has 1 spiro atoms. The predicted molar refractivity (Wildman–Crippen MR) is 370 cm³/mol. The summed E-state index contributed by atoms with van der Waals surface area (Å²) in [6.07, 6.45) is -8.09. The maximum atomic E-state index is 15.5. The number of amides is 11. The van der Waals surface area contributed by atoms with Crippen LogP contribution in [0.1, 0.15) is 184 Å². The van der Waals surface area contributed by atoms with Gasteiger partial charge in [0, 0.05) is 80.9 Å². The van der Waals surface area contributed by atoms with Crippen LogP contribution in [0.15, 0.2) is 12.2 Å². The van der Waals surface area contributed by atoms with Crippen LogP contribution in [0.3, 0.4) is 0 Å². The highest BCUT2D eigenvalue weighted by Gasteiger charge is 2.56. The summed E-state index contributed by atoms with van der Waals surface area (Å²) in [6.45, 7) is 14.8. The van der Waals surface area contributed by atoms with Crippen molar-refractivity contribution in [2.24, 2.45) is 41.4 Å². The third kappa shape index (κ3) is 20.5. The second-order valence-corrected chi connectivity index (χ2v) is 30.7. The van der Waals surface area contributed by atoms with E-state index in [1.165, 1.54) is 71.7 Å². The SMILES string of the molecule is CCO[C@@H]1C[C@H]2C(=O)NC3(CCC3)C(=O)N(C)[C@@H](C(CC)CC)C(=O)N(C)[C@H](C)CC(=O)N(C)[C@@H](CC(C)C)C(=O)N[C@@H]([C@@H](C)CC)C(=O)N(C)CC(=O)N(C)[C@H]3C/C=C\CCN(C3=O)[C@@H](CC3CCC(F)CC3C)C(=O)N(C)CC(=O)N[C@@H](CCC3CC(F)C(C(F)(F)F)C(F)C3)C(=O)N2C1. The Bertz CT molecular complexity index is 2960. The minimum Gasteiger partial charge on any atom is -0.377 e. The molecule has 0 radical (unpaired) electrons. The zero-order valence-corrected chi connectivity index (χ0v) is 62.8. The number of halogens is 6. The van der Waals surface area contributed by atoms with Gasteiger partial charge in [0.05, 0.1) is 19.2 Å². The molecule has 15 atom stereocenters. The van der Waals surface area contributed by atoms with Gasteiger partial charge in [0.1, 0.15) is 72.3 Å². The minimum absolute atomic E-state index is 0.0129. The number of alkyl halides is 6. The minimum atomic E-state index is -5.18. The molecule has 23 nitrogen and oxygen atoms in total. The predicted octanol–water partition coefficient (Wildman–Crippen LogP) is 6.93. The molecule has 2 bridgehead atoms. The van der Waals surface area contributed by atoms with Crippen molar-refractivity contribution in [3.8, 4) is 0 Å². The second kappa shape index (κ2) is 36.9. The number of carbonyl (C=O) groups is 11. The van der Waals surface area contributed by atoms with Crippen LogP contribution in [0.4, 0.5) is 26.3 Å². The van der Waals surface area contributed by atoms with Gasteiger partial charge in [-0.05, 0) is 139 Å². The van der Waals surface area contributed by atoms with E-state index in [-0.39, 0.29) is 108 Å². The summed E-state index contributed by atoms with van der Waals surface area (Å²) in [6, 6.07) is -9.81. The van der Waals surface area contributed by atoms with Crippen LogP contribution in [-0.4, -0.2) is 264 Å². The second-order valence-electron chi connectivity index (χ2n) is 30.7. The van der Waals surface area contributed by atoms with E-state index in [1.807, 2.05) is 41.5 Å². The summed E-state index contributed by atoms with van der Waals surface area (Å²) in [5.41, 5.74) is -1.59. The van der Waals surface area contributed by atoms with Gasteiger partial charge >= 0.3 is 6.18 Å². The number of fused-ring (bicyclic) bond motifs is 3. The van der Waals surface area contributed by atoms with Crippen molar-refractivity contribution in [1.29, 1.82) is 0 Å². The molecule has 6 aliphatic rings. The average Bonchev–Trinajstić information content (AvgIpc) is 1.13. The lowest BCUT2D eigenvalue weighted by atomic mass is 9.74. The molecule has 3 heterocycles. The van der Waals surface area contributed by atoms with Crippen LogP contribution in [0.25, 0.3) is 0 Å². The van der Waals surface area contributed by atoms with Crippen LogP contribution in [0.5, 0.6) is 0 Å². The molecule has 0 aromatic heterocycles. The molecule has 29 heteroatoms. The smallest absolute Gasteiger partial charge is 0.377 e. The van der Waals surface area contributed by atoms with Crippen molar-refractivity contribution in [3.05, 3.63) is 12.2 Å². The van der Waals surface area contributed by atoms with E-state index >= 15 is 37.5 Å². The number of hydrogen-bond acceptors (Lipinski definition) is 12. The number of ether oxygens (including phenoxy) is 1. The third-order valence-electron chi connectivity index (χ3n) is 23.1. The zero-order chi connectivity index (χ0) is 76.2. The number of likely N-dealkylation sites (N-methyl/N-ethyl adjacent to an activating group) is 6. The number of hydrogen-bond donors (Lipinski definition) is 3. The fourth-order valence-corrected chi connectivity index (χ4v) is 16.1. The molecule has 0 aromatic carbocycles. The van der Waals surface area contributed by atoms with Gasteiger partial charge in [-0.15, -0.1) is 0 Å². The normalized spacial score (nSPS) is 32.9. The van der Waals surface area contributed by atoms with Crippen molar-refractivity contribution < 1.29 is 83.8 Å². The molecule has 0 aromatic rings. The molecule has 3 aliphatic carbocycles. The standard InChI is InChI=1S/C73H117F6N11O12/c1-16-43(7)62-69(99)84(11)41-60(93)86(13)54-24-21-20-22-31-89(68(54)98)57(37-48-26-27-49(74)33-44(48)8)67(97)83(10)40-58(91)80-53(28-25-46-35-51(75)61(52(76)36-46)73(77,78)79)66(96)90-39-50(102-19-4)38-56(90)65(95)82-72(29-23-30-72)71(101)88(15)63(47(17-2)18-3)70(100)85(12)45(9)34-59(92)87(14)55(32-42(5)6)64(94)81-62/h20-21,42-57,61-63H,16-19,22-41H2,1-15H3,(H,80,91)(H,81,94)(H,82,95)/b21-20-/t43-,44?,45+,46?,48?,49?,50+,51?,52?,53-,54-,55-,56-,57-,61?,62-,63-/m0/s1. The lowest BCUT2D eigenvalue weighted by Crippen LogP contribution is -2.68. The Morgan fingerprint density at radius 2 is 1.28 bits per heavy atom. The van der Waals surface area contributed by atoms with E-state index in [0.29, 0.717) is 32.1 Å². The summed E-state index contributed by atoms with van der Waals surface area (Å²) < 4.78 is 93.7. The summed E-state index contributed by atoms with van der Waals surface area (Å²) in [4.78, 5) is 175. The van der Waals surface area contributed by atoms with Crippen molar-refractivity contribution >= 4 is 65.0 Å². The van der Waals surface area contributed by atoms with Gasteiger partial charge in [-0.3, -0.25) is 52.7 Å². The first kappa shape index (κ1) is 84.4. The van der Waals surface area contributed by atoms with Gasteiger partial charge in [-0.25, -0.2) is 13.2 Å². The largest absolute Gasteiger partial charge is 0.397 e. The Morgan fingerprint density at radius 1 is 0.647 bits per heavy atom. The fraction of sp³-hybridized carbons (Fsp3) is 0.822. The van der Waals surface area contributed by atoms with Crippen molar-refractivity contribution in [3.63, 3.8) is 0 Å². The zero-order valence-electron chi connectivity index (χ0n) is 62.8. The first-order chi connectivity index (χ1) is 47.9. The summed E-state index contributed by atoms with van der Waals surface area (Å²) in [7, 11) is 8.57. The maximum absolute atomic E-state index is 15.5. The third-order valence-corrected chi connectivity index (χ3v) is 23.1. The number of nitrogens with one attached hydrogen (secondary N) is 3. The first-order valence-electron chi connectivity index (χ1n) is 37.2. The fourth-order valence-electron chi connectivity index (χ4n) is 16.1.